The zero-order valence-corrected chi connectivity index (χ0v) is 8.42. The number of nitrogens with one attached hydrogen (secondary N) is 2. The van der Waals surface area contributed by atoms with E-state index in [0.717, 1.165) is 44.2 Å². The highest BCUT2D eigenvalue weighted by Gasteiger charge is 2.10. The molecule has 5 heteroatoms. The van der Waals surface area contributed by atoms with E-state index in [4.69, 9.17) is 4.74 Å². The van der Waals surface area contributed by atoms with Crippen LogP contribution in [0.1, 0.15) is 11.4 Å². The second-order valence-corrected chi connectivity index (χ2v) is 3.41. The van der Waals surface area contributed by atoms with Crippen molar-refractivity contribution in [1.82, 2.24) is 20.4 Å². The van der Waals surface area contributed by atoms with Gasteiger partial charge in [-0.25, -0.2) is 15.4 Å². The molecule has 0 aliphatic carbocycles. The summed E-state index contributed by atoms with van der Waals surface area (Å²) in [6, 6.07) is 0. The van der Waals surface area contributed by atoms with Crippen molar-refractivity contribution < 1.29 is 4.74 Å². The van der Waals surface area contributed by atoms with Gasteiger partial charge in [-0.1, -0.05) is 0 Å². The lowest BCUT2D eigenvalue weighted by Crippen LogP contribution is -2.45. The van der Waals surface area contributed by atoms with Gasteiger partial charge in [-0.05, 0) is 6.92 Å². The minimum absolute atomic E-state index is 0.787. The molecule has 2 rings (SSSR count). The van der Waals surface area contributed by atoms with Gasteiger partial charge in [-0.15, -0.1) is 0 Å². The molecule has 0 unspecified atom stereocenters. The molecule has 0 spiro atoms. The van der Waals surface area contributed by atoms with Crippen molar-refractivity contribution >= 4 is 0 Å². The Labute approximate surface area is 83.4 Å². The number of rotatable bonds is 3. The Hall–Kier alpha value is -0.910. The predicted molar refractivity (Wildman–Crippen MR) is 52.6 cm³/mol. The van der Waals surface area contributed by atoms with Crippen molar-refractivity contribution in [2.24, 2.45) is 0 Å². The van der Waals surface area contributed by atoms with E-state index in [1.54, 1.807) is 6.33 Å². The van der Waals surface area contributed by atoms with Gasteiger partial charge in [0, 0.05) is 18.8 Å². The van der Waals surface area contributed by atoms with Crippen molar-refractivity contribution in [3.05, 3.63) is 17.7 Å². The molecule has 1 aliphatic heterocycles. The largest absolute Gasteiger partial charge is 0.379 e. The van der Waals surface area contributed by atoms with Gasteiger partial charge in [-0.2, -0.15) is 0 Å². The number of ether oxygens (including phenoxy) is 1. The third-order valence-electron chi connectivity index (χ3n) is 2.42. The Bertz CT molecular complexity index is 280. The van der Waals surface area contributed by atoms with E-state index in [0.29, 0.717) is 0 Å². The maximum absolute atomic E-state index is 5.26. The van der Waals surface area contributed by atoms with E-state index >= 15 is 0 Å². The van der Waals surface area contributed by atoms with Gasteiger partial charge in [0.05, 0.1) is 31.8 Å². The summed E-state index contributed by atoms with van der Waals surface area (Å²) < 4.78 is 5.26. The molecule has 0 aromatic carbocycles. The molecule has 2 heterocycles. The van der Waals surface area contributed by atoms with Crippen LogP contribution in [0.25, 0.3) is 0 Å². The molecule has 0 atom stereocenters. The van der Waals surface area contributed by atoms with Gasteiger partial charge >= 0.3 is 0 Å². The van der Waals surface area contributed by atoms with Crippen LogP contribution in [0.2, 0.25) is 0 Å². The molecule has 0 bridgehead atoms. The first-order valence-corrected chi connectivity index (χ1v) is 4.91. The van der Waals surface area contributed by atoms with Crippen LogP contribution in [-0.4, -0.2) is 41.3 Å². The molecule has 2 N–H and O–H groups in total. The number of aryl methyl sites for hydroxylation is 1. The lowest BCUT2D eigenvalue weighted by molar-refractivity contribution is 0.0103. The van der Waals surface area contributed by atoms with Crippen molar-refractivity contribution in [3.63, 3.8) is 0 Å². The number of hydrazine groups is 1. The zero-order valence-electron chi connectivity index (χ0n) is 8.42. The third-order valence-corrected chi connectivity index (χ3v) is 2.42. The van der Waals surface area contributed by atoms with Crippen LogP contribution < -0.4 is 5.43 Å². The standard InChI is InChI=1S/C9H16N4O/c1-8-9(11-7-10-8)6-12-13-2-4-14-5-3-13/h7,12H,2-6H2,1H3,(H,10,11). The van der Waals surface area contributed by atoms with Gasteiger partial charge in [0.25, 0.3) is 0 Å². The molecule has 1 aromatic heterocycles. The lowest BCUT2D eigenvalue weighted by atomic mass is 10.3. The topological polar surface area (TPSA) is 53.2 Å². The Morgan fingerprint density at radius 1 is 1.57 bits per heavy atom. The Kier molecular flexibility index (Phi) is 3.13. The highest BCUT2D eigenvalue weighted by Crippen LogP contribution is 2.00. The number of aromatic amines is 1. The van der Waals surface area contributed by atoms with Crippen LogP contribution in [0.15, 0.2) is 6.33 Å². The molecule has 78 valence electrons. The van der Waals surface area contributed by atoms with Crippen molar-refractivity contribution in [3.8, 4) is 0 Å². The number of hydrogen-bond acceptors (Lipinski definition) is 4. The molecule has 1 aromatic rings. The van der Waals surface area contributed by atoms with E-state index in [-0.39, 0.29) is 0 Å². The first-order valence-electron chi connectivity index (χ1n) is 4.91. The summed E-state index contributed by atoms with van der Waals surface area (Å²) in [5, 5.41) is 2.18. The molecular weight excluding hydrogens is 180 g/mol. The molecule has 14 heavy (non-hydrogen) atoms. The van der Waals surface area contributed by atoms with E-state index in [1.165, 1.54) is 0 Å². The van der Waals surface area contributed by atoms with Crippen molar-refractivity contribution in [2.75, 3.05) is 26.3 Å². The summed E-state index contributed by atoms with van der Waals surface area (Å²) in [5.41, 5.74) is 5.55. The fourth-order valence-electron chi connectivity index (χ4n) is 1.47. The number of imidazole rings is 1. The maximum atomic E-state index is 5.26. The Balaban J connectivity index is 1.79. The van der Waals surface area contributed by atoms with Gasteiger partial charge in [0.1, 0.15) is 0 Å². The highest BCUT2D eigenvalue weighted by molar-refractivity contribution is 5.07. The molecule has 0 saturated carbocycles. The Morgan fingerprint density at radius 2 is 2.36 bits per heavy atom. The maximum Gasteiger partial charge on any atom is 0.0925 e. The molecule has 1 aliphatic rings. The predicted octanol–water partition coefficient (Wildman–Crippen LogP) is 0.0549. The number of aromatic nitrogens is 2. The summed E-state index contributed by atoms with van der Waals surface area (Å²) in [5.74, 6) is 0. The molecule has 1 saturated heterocycles. The van der Waals surface area contributed by atoms with Gasteiger partial charge in [0.2, 0.25) is 0 Å². The quantitative estimate of drug-likeness (QED) is 0.717. The number of morpholine rings is 1. The average Bonchev–Trinajstić information content (AvgIpc) is 2.63. The summed E-state index contributed by atoms with van der Waals surface area (Å²) in [4.78, 5) is 7.29. The van der Waals surface area contributed by atoms with E-state index in [1.807, 2.05) is 6.92 Å². The van der Waals surface area contributed by atoms with Gasteiger partial charge < -0.3 is 9.72 Å². The van der Waals surface area contributed by atoms with Crippen LogP contribution in [0.5, 0.6) is 0 Å². The van der Waals surface area contributed by atoms with Crippen LogP contribution in [0.4, 0.5) is 0 Å². The summed E-state index contributed by atoms with van der Waals surface area (Å²) in [7, 11) is 0. The second kappa shape index (κ2) is 4.54. The van der Waals surface area contributed by atoms with E-state index < -0.39 is 0 Å². The number of nitrogens with zero attached hydrogens (tertiary/aromatic N) is 2. The smallest absolute Gasteiger partial charge is 0.0925 e. The summed E-state index contributed by atoms with van der Waals surface area (Å²) in [6.07, 6.45) is 1.73. The van der Waals surface area contributed by atoms with Gasteiger partial charge in [-0.3, -0.25) is 0 Å². The summed E-state index contributed by atoms with van der Waals surface area (Å²) >= 11 is 0. The van der Waals surface area contributed by atoms with Crippen LogP contribution in [0, 0.1) is 6.92 Å². The zero-order chi connectivity index (χ0) is 9.80. The Morgan fingerprint density at radius 3 is 3.00 bits per heavy atom. The normalized spacial score (nSPS) is 18.6. The molecule has 0 radical (unpaired) electrons. The molecular formula is C9H16N4O. The monoisotopic (exact) mass is 196 g/mol. The summed E-state index contributed by atoms with van der Waals surface area (Å²) in [6.45, 7) is 6.34. The SMILES string of the molecule is Cc1[nH]cnc1CNN1CCOCC1. The number of H-pyrrole nitrogens is 1. The second-order valence-electron chi connectivity index (χ2n) is 3.41. The number of hydrogen-bond donors (Lipinski definition) is 2. The van der Waals surface area contributed by atoms with Crippen molar-refractivity contribution in [1.29, 1.82) is 0 Å². The lowest BCUT2D eigenvalue weighted by Gasteiger charge is -2.26. The highest BCUT2D eigenvalue weighted by atomic mass is 16.5. The van der Waals surface area contributed by atoms with Crippen LogP contribution in [0.3, 0.4) is 0 Å². The third kappa shape index (κ3) is 2.31. The van der Waals surface area contributed by atoms with Crippen LogP contribution in [-0.2, 0) is 11.3 Å². The average molecular weight is 196 g/mol. The minimum atomic E-state index is 0.787. The van der Waals surface area contributed by atoms with Crippen molar-refractivity contribution in [2.45, 2.75) is 13.5 Å². The molecule has 5 nitrogen and oxygen atoms in total. The van der Waals surface area contributed by atoms with Crippen LogP contribution >= 0.6 is 0 Å². The molecule has 0 amide bonds. The van der Waals surface area contributed by atoms with E-state index in [9.17, 15) is 0 Å². The van der Waals surface area contributed by atoms with Gasteiger partial charge in [0.15, 0.2) is 0 Å². The first-order chi connectivity index (χ1) is 6.86. The fourth-order valence-corrected chi connectivity index (χ4v) is 1.47. The minimum Gasteiger partial charge on any atom is -0.379 e. The fraction of sp³-hybridized carbons (Fsp3) is 0.667. The van der Waals surface area contributed by atoms with E-state index in [2.05, 4.69) is 20.4 Å². The first kappa shape index (κ1) is 9.64. The molecule has 1 fully saturated rings.